The number of hydrogen-bond donors (Lipinski definition) is 2. The molecule has 2 amide bonds. The lowest BCUT2D eigenvalue weighted by molar-refractivity contribution is 0.0686. The maximum atomic E-state index is 11.7. The molecule has 1 aromatic heterocycles. The van der Waals surface area contributed by atoms with Crippen molar-refractivity contribution >= 4 is 17.7 Å². The number of aromatic carboxylic acids is 1. The summed E-state index contributed by atoms with van der Waals surface area (Å²) in [6.45, 7) is 1.12. The van der Waals surface area contributed by atoms with Crippen molar-refractivity contribution in [1.82, 2.24) is 10.5 Å². The first-order chi connectivity index (χ1) is 9.66. The van der Waals surface area contributed by atoms with Gasteiger partial charge in [-0.2, -0.15) is 0 Å². The molecule has 0 saturated carbocycles. The summed E-state index contributed by atoms with van der Waals surface area (Å²) in [6.07, 6.45) is 0. The number of carbonyl (C=O) groups excluding carboxylic acids is 1. The van der Waals surface area contributed by atoms with Gasteiger partial charge in [-0.1, -0.05) is 17.3 Å². The summed E-state index contributed by atoms with van der Waals surface area (Å²) in [7, 11) is 0. The molecule has 1 saturated heterocycles. The molecule has 102 valence electrons. The van der Waals surface area contributed by atoms with Crippen LogP contribution in [0.1, 0.15) is 10.5 Å². The van der Waals surface area contributed by atoms with Crippen LogP contribution in [0.15, 0.2) is 34.9 Å². The number of benzene rings is 1. The van der Waals surface area contributed by atoms with Crippen molar-refractivity contribution in [3.63, 3.8) is 0 Å². The summed E-state index contributed by atoms with van der Waals surface area (Å²) in [4.78, 5) is 24.2. The Hall–Kier alpha value is -2.83. The normalized spacial score (nSPS) is 14.4. The first kappa shape index (κ1) is 12.2. The molecular formula is C13H11N3O4. The Balaban J connectivity index is 2.04. The van der Waals surface area contributed by atoms with Gasteiger partial charge in [0.25, 0.3) is 0 Å². The van der Waals surface area contributed by atoms with Gasteiger partial charge < -0.3 is 14.9 Å². The van der Waals surface area contributed by atoms with E-state index in [1.54, 1.807) is 29.2 Å². The van der Waals surface area contributed by atoms with Crippen molar-refractivity contribution in [3.05, 3.63) is 36.0 Å². The number of hydrogen-bond acceptors (Lipinski definition) is 4. The standard InChI is InChI=1S/C13H11N3O4/c17-12(18)9-7-11(20-15-9)8-3-1-2-4-10(8)16-6-5-14-13(16)19/h1-4,7H,5-6H2,(H,14,19)(H,17,18). The number of nitrogens with one attached hydrogen (secondary N) is 1. The molecule has 1 fully saturated rings. The summed E-state index contributed by atoms with van der Waals surface area (Å²) in [6, 6.07) is 8.29. The van der Waals surface area contributed by atoms with E-state index in [2.05, 4.69) is 10.5 Å². The Morgan fingerprint density at radius 3 is 2.85 bits per heavy atom. The highest BCUT2D eigenvalue weighted by atomic mass is 16.5. The van der Waals surface area contributed by atoms with E-state index in [4.69, 9.17) is 9.63 Å². The molecule has 7 heteroatoms. The number of carboxylic acid groups (broad SMARTS) is 1. The van der Waals surface area contributed by atoms with E-state index in [0.29, 0.717) is 30.1 Å². The maximum Gasteiger partial charge on any atom is 0.358 e. The third-order valence-electron chi connectivity index (χ3n) is 3.05. The monoisotopic (exact) mass is 273 g/mol. The minimum atomic E-state index is -1.16. The van der Waals surface area contributed by atoms with Crippen molar-refractivity contribution < 1.29 is 19.2 Å². The molecule has 3 rings (SSSR count). The van der Waals surface area contributed by atoms with Gasteiger partial charge in [0.1, 0.15) is 0 Å². The highest BCUT2D eigenvalue weighted by Crippen LogP contribution is 2.31. The number of anilines is 1. The van der Waals surface area contributed by atoms with E-state index < -0.39 is 5.97 Å². The maximum absolute atomic E-state index is 11.7. The first-order valence-electron chi connectivity index (χ1n) is 6.01. The number of urea groups is 1. The molecule has 20 heavy (non-hydrogen) atoms. The number of para-hydroxylation sites is 1. The average molecular weight is 273 g/mol. The van der Waals surface area contributed by atoms with Crippen LogP contribution < -0.4 is 10.2 Å². The Morgan fingerprint density at radius 1 is 1.40 bits per heavy atom. The molecule has 1 aliphatic rings. The molecule has 0 bridgehead atoms. The summed E-state index contributed by atoms with van der Waals surface area (Å²) < 4.78 is 5.06. The number of nitrogens with zero attached hydrogens (tertiary/aromatic N) is 2. The molecule has 0 aliphatic carbocycles. The van der Waals surface area contributed by atoms with E-state index in [1.165, 1.54) is 6.07 Å². The van der Waals surface area contributed by atoms with E-state index in [1.807, 2.05) is 0 Å². The number of aromatic nitrogens is 1. The molecule has 1 aromatic carbocycles. The molecule has 0 unspecified atom stereocenters. The summed E-state index contributed by atoms with van der Waals surface area (Å²) in [5.74, 6) is -0.839. The van der Waals surface area contributed by atoms with Gasteiger partial charge in [0.15, 0.2) is 11.5 Å². The SMILES string of the molecule is O=C(O)c1cc(-c2ccccc2N2CCNC2=O)on1. The number of rotatable bonds is 3. The molecule has 2 heterocycles. The van der Waals surface area contributed by atoms with Crippen LogP contribution >= 0.6 is 0 Å². The van der Waals surface area contributed by atoms with Crippen LogP contribution in [-0.2, 0) is 0 Å². The molecule has 1 aliphatic heterocycles. The first-order valence-corrected chi connectivity index (χ1v) is 6.01. The van der Waals surface area contributed by atoms with Crippen LogP contribution in [0.5, 0.6) is 0 Å². The van der Waals surface area contributed by atoms with E-state index >= 15 is 0 Å². The van der Waals surface area contributed by atoms with Crippen molar-refractivity contribution in [2.45, 2.75) is 0 Å². The van der Waals surface area contributed by atoms with Gasteiger partial charge in [-0.25, -0.2) is 9.59 Å². The fraction of sp³-hybridized carbons (Fsp3) is 0.154. The number of carbonyl (C=O) groups is 2. The molecule has 0 spiro atoms. The minimum absolute atomic E-state index is 0.166. The lowest BCUT2D eigenvalue weighted by Crippen LogP contribution is -2.28. The molecule has 0 radical (unpaired) electrons. The van der Waals surface area contributed by atoms with Crippen molar-refractivity contribution in [2.75, 3.05) is 18.0 Å². The lowest BCUT2D eigenvalue weighted by atomic mass is 10.1. The Kier molecular flexibility index (Phi) is 2.86. The topological polar surface area (TPSA) is 95.7 Å². The van der Waals surface area contributed by atoms with Crippen LogP contribution in [-0.4, -0.2) is 35.4 Å². The van der Waals surface area contributed by atoms with Gasteiger partial charge >= 0.3 is 12.0 Å². The zero-order valence-corrected chi connectivity index (χ0v) is 10.4. The number of amides is 2. The van der Waals surface area contributed by atoms with Gasteiger partial charge in [0.2, 0.25) is 0 Å². The van der Waals surface area contributed by atoms with Crippen molar-refractivity contribution in [1.29, 1.82) is 0 Å². The Labute approximate surface area is 113 Å². The minimum Gasteiger partial charge on any atom is -0.476 e. The summed E-state index contributed by atoms with van der Waals surface area (Å²) >= 11 is 0. The fourth-order valence-electron chi connectivity index (χ4n) is 2.12. The smallest absolute Gasteiger partial charge is 0.358 e. The third kappa shape index (κ3) is 1.99. The second-order valence-corrected chi connectivity index (χ2v) is 4.28. The van der Waals surface area contributed by atoms with Crippen LogP contribution in [0.4, 0.5) is 10.5 Å². The van der Waals surface area contributed by atoms with Gasteiger partial charge in [-0.15, -0.1) is 0 Å². The lowest BCUT2D eigenvalue weighted by Gasteiger charge is -2.16. The quantitative estimate of drug-likeness (QED) is 0.884. The molecule has 0 atom stereocenters. The predicted octanol–water partition coefficient (Wildman–Crippen LogP) is 1.57. The second kappa shape index (κ2) is 4.69. The Bertz CT molecular complexity index is 680. The van der Waals surface area contributed by atoms with Crippen LogP contribution in [0.3, 0.4) is 0 Å². The van der Waals surface area contributed by atoms with Crippen LogP contribution in [0, 0.1) is 0 Å². The zero-order valence-electron chi connectivity index (χ0n) is 10.4. The molecule has 2 N–H and O–H groups in total. The van der Waals surface area contributed by atoms with E-state index in [-0.39, 0.29) is 11.7 Å². The zero-order chi connectivity index (χ0) is 14.1. The van der Waals surface area contributed by atoms with Crippen LogP contribution in [0.2, 0.25) is 0 Å². The van der Waals surface area contributed by atoms with E-state index in [0.717, 1.165) is 0 Å². The van der Waals surface area contributed by atoms with Crippen LogP contribution in [0.25, 0.3) is 11.3 Å². The molecule has 7 nitrogen and oxygen atoms in total. The highest BCUT2D eigenvalue weighted by Gasteiger charge is 2.25. The van der Waals surface area contributed by atoms with Gasteiger partial charge in [-0.3, -0.25) is 4.90 Å². The molecule has 2 aromatic rings. The third-order valence-corrected chi connectivity index (χ3v) is 3.05. The predicted molar refractivity (Wildman–Crippen MR) is 69.6 cm³/mol. The largest absolute Gasteiger partial charge is 0.476 e. The number of carboxylic acids is 1. The Morgan fingerprint density at radius 2 is 2.20 bits per heavy atom. The van der Waals surface area contributed by atoms with Crippen molar-refractivity contribution in [2.24, 2.45) is 0 Å². The van der Waals surface area contributed by atoms with Crippen molar-refractivity contribution in [3.8, 4) is 11.3 Å². The fourth-order valence-corrected chi connectivity index (χ4v) is 2.12. The summed E-state index contributed by atoms with van der Waals surface area (Å²) in [5.41, 5.74) is 1.13. The van der Waals surface area contributed by atoms with Gasteiger partial charge in [0, 0.05) is 24.7 Å². The highest BCUT2D eigenvalue weighted by molar-refractivity contribution is 5.98. The van der Waals surface area contributed by atoms with Gasteiger partial charge in [0.05, 0.1) is 5.69 Å². The second-order valence-electron chi connectivity index (χ2n) is 4.28. The summed E-state index contributed by atoms with van der Waals surface area (Å²) in [5, 5.41) is 15.1. The van der Waals surface area contributed by atoms with Gasteiger partial charge in [-0.05, 0) is 12.1 Å². The molecular weight excluding hydrogens is 262 g/mol. The van der Waals surface area contributed by atoms with E-state index in [9.17, 15) is 9.59 Å². The average Bonchev–Trinajstić information content (AvgIpc) is 3.07.